The van der Waals surface area contributed by atoms with Gasteiger partial charge in [-0.05, 0) is 44.5 Å². The van der Waals surface area contributed by atoms with Gasteiger partial charge in [0.1, 0.15) is 0 Å². The van der Waals surface area contributed by atoms with Gasteiger partial charge in [-0.3, -0.25) is 14.6 Å². The molecule has 0 radical (unpaired) electrons. The highest BCUT2D eigenvalue weighted by Gasteiger charge is 2.26. The molecule has 5 heteroatoms. The van der Waals surface area contributed by atoms with Gasteiger partial charge >= 0.3 is 5.97 Å². The van der Waals surface area contributed by atoms with Crippen LogP contribution in [0.2, 0.25) is 0 Å². The lowest BCUT2D eigenvalue weighted by atomic mass is 9.87. The van der Waals surface area contributed by atoms with Gasteiger partial charge < -0.3 is 10.0 Å². The second-order valence-corrected chi connectivity index (χ2v) is 5.20. The highest BCUT2D eigenvalue weighted by Crippen LogP contribution is 2.22. The first-order valence-corrected chi connectivity index (χ1v) is 6.81. The van der Waals surface area contributed by atoms with Crippen LogP contribution in [0.3, 0.4) is 0 Å². The van der Waals surface area contributed by atoms with Crippen molar-refractivity contribution >= 4 is 12.3 Å². The summed E-state index contributed by atoms with van der Waals surface area (Å²) in [5, 5.41) is 8.80. The molecule has 2 atom stereocenters. The van der Waals surface area contributed by atoms with E-state index in [0.29, 0.717) is 11.5 Å². The fourth-order valence-electron chi connectivity index (χ4n) is 2.26. The van der Waals surface area contributed by atoms with Crippen LogP contribution < -0.4 is 0 Å². The summed E-state index contributed by atoms with van der Waals surface area (Å²) in [4.78, 5) is 26.6. The van der Waals surface area contributed by atoms with Crippen LogP contribution in [-0.2, 0) is 4.79 Å². The monoisotopic (exact) mass is 278 g/mol. The molecule has 1 aromatic heterocycles. The molecule has 0 bridgehead atoms. The quantitative estimate of drug-likeness (QED) is 0.856. The molecule has 110 valence electrons. The number of rotatable bonds is 3. The number of carbonyl (C=O) groups is 2. The predicted molar refractivity (Wildman–Crippen MR) is 76.6 cm³/mol. The van der Waals surface area contributed by atoms with Crippen molar-refractivity contribution < 1.29 is 14.7 Å². The summed E-state index contributed by atoms with van der Waals surface area (Å²) in [5.74, 6) is -0.496. The molecule has 1 aliphatic rings. The third-order valence-corrected chi connectivity index (χ3v) is 3.58. The van der Waals surface area contributed by atoms with Gasteiger partial charge in [0, 0.05) is 24.5 Å². The van der Waals surface area contributed by atoms with Crippen molar-refractivity contribution in [3.05, 3.63) is 30.1 Å². The van der Waals surface area contributed by atoms with Gasteiger partial charge in [0.15, 0.2) is 6.29 Å². The zero-order valence-electron chi connectivity index (χ0n) is 12.0. The molecular formula is C15H22N2O3. The summed E-state index contributed by atoms with van der Waals surface area (Å²) in [6.07, 6.45) is 6.13. The van der Waals surface area contributed by atoms with E-state index in [4.69, 9.17) is 5.11 Å². The Morgan fingerprint density at radius 3 is 2.80 bits per heavy atom. The van der Waals surface area contributed by atoms with Gasteiger partial charge in [0.25, 0.3) is 0 Å². The van der Waals surface area contributed by atoms with Crippen LogP contribution in [0.1, 0.15) is 30.1 Å². The number of hydrogen-bond donors (Lipinski definition) is 1. The topological polar surface area (TPSA) is 70.5 Å². The molecule has 1 N–H and O–H groups in total. The van der Waals surface area contributed by atoms with E-state index in [1.54, 1.807) is 18.3 Å². The number of aliphatic carboxylic acids is 1. The van der Waals surface area contributed by atoms with Crippen LogP contribution in [0, 0.1) is 11.8 Å². The Labute approximate surface area is 119 Å². The highest BCUT2D eigenvalue weighted by molar-refractivity contribution is 5.73. The number of nitrogens with zero attached hydrogens (tertiary/aromatic N) is 2. The van der Waals surface area contributed by atoms with E-state index in [0.717, 1.165) is 32.2 Å². The molecule has 1 fully saturated rings. The Hall–Kier alpha value is -1.75. The van der Waals surface area contributed by atoms with Crippen LogP contribution in [-0.4, -0.2) is 47.4 Å². The summed E-state index contributed by atoms with van der Waals surface area (Å²) in [7, 11) is 2.06. The summed E-state index contributed by atoms with van der Waals surface area (Å²) >= 11 is 0. The first-order chi connectivity index (χ1) is 9.54. The van der Waals surface area contributed by atoms with Crippen LogP contribution in [0.5, 0.6) is 0 Å². The number of carbonyl (C=O) groups excluding carboxylic acids is 1. The minimum absolute atomic E-state index is 0.187. The standard InChI is InChI=1S/C9H17NO2.C6H5NO/c1-7(9(11)12)8-4-3-5-10(2)6-8;8-5-6-2-1-3-7-4-6/h7-8H,3-6H2,1-2H3,(H,11,12);1-5H. The summed E-state index contributed by atoms with van der Waals surface area (Å²) in [6.45, 7) is 3.86. The Morgan fingerprint density at radius 1 is 1.60 bits per heavy atom. The third-order valence-electron chi connectivity index (χ3n) is 3.58. The number of piperidine rings is 1. The number of likely N-dealkylation sites (tertiary alicyclic amines) is 1. The van der Waals surface area contributed by atoms with Crippen LogP contribution in [0.4, 0.5) is 0 Å². The molecular weight excluding hydrogens is 256 g/mol. The first kappa shape index (κ1) is 16.3. The number of pyridine rings is 1. The molecule has 1 saturated heterocycles. The molecule has 2 heterocycles. The zero-order valence-corrected chi connectivity index (χ0v) is 12.0. The van der Waals surface area contributed by atoms with Crippen molar-refractivity contribution in [2.45, 2.75) is 19.8 Å². The maximum atomic E-state index is 10.7. The lowest BCUT2D eigenvalue weighted by molar-refractivity contribution is -0.143. The Balaban J connectivity index is 0.000000217. The van der Waals surface area contributed by atoms with Crippen LogP contribution in [0.15, 0.2) is 24.5 Å². The Morgan fingerprint density at radius 2 is 2.35 bits per heavy atom. The molecule has 20 heavy (non-hydrogen) atoms. The van der Waals surface area contributed by atoms with E-state index < -0.39 is 5.97 Å². The molecule has 0 saturated carbocycles. The minimum Gasteiger partial charge on any atom is -0.481 e. The molecule has 1 aromatic rings. The normalized spacial score (nSPS) is 20.4. The molecule has 0 amide bonds. The fourth-order valence-corrected chi connectivity index (χ4v) is 2.26. The van der Waals surface area contributed by atoms with Crippen molar-refractivity contribution in [3.8, 4) is 0 Å². The van der Waals surface area contributed by atoms with E-state index in [1.165, 1.54) is 6.20 Å². The second kappa shape index (κ2) is 8.43. The van der Waals surface area contributed by atoms with Crippen molar-refractivity contribution in [3.63, 3.8) is 0 Å². The molecule has 2 unspecified atom stereocenters. The van der Waals surface area contributed by atoms with Gasteiger partial charge in [-0.1, -0.05) is 6.92 Å². The van der Waals surface area contributed by atoms with Crippen molar-refractivity contribution in [2.75, 3.05) is 20.1 Å². The smallest absolute Gasteiger partial charge is 0.306 e. The molecule has 0 aliphatic carbocycles. The fraction of sp³-hybridized carbons (Fsp3) is 0.533. The predicted octanol–water partition coefficient (Wildman–Crippen LogP) is 1.94. The molecule has 0 spiro atoms. The number of aromatic nitrogens is 1. The van der Waals surface area contributed by atoms with Crippen molar-refractivity contribution in [1.82, 2.24) is 9.88 Å². The maximum Gasteiger partial charge on any atom is 0.306 e. The zero-order chi connectivity index (χ0) is 15.0. The number of carboxylic acid groups (broad SMARTS) is 1. The average Bonchev–Trinajstić information content (AvgIpc) is 2.48. The van der Waals surface area contributed by atoms with Gasteiger partial charge in [-0.15, -0.1) is 0 Å². The van der Waals surface area contributed by atoms with E-state index in [2.05, 4.69) is 16.9 Å². The minimum atomic E-state index is -0.657. The molecule has 1 aliphatic heterocycles. The largest absolute Gasteiger partial charge is 0.481 e. The molecule has 5 nitrogen and oxygen atoms in total. The van der Waals surface area contributed by atoms with E-state index in [-0.39, 0.29) is 5.92 Å². The van der Waals surface area contributed by atoms with Gasteiger partial charge in [-0.2, -0.15) is 0 Å². The lowest BCUT2D eigenvalue weighted by Gasteiger charge is -2.31. The summed E-state index contributed by atoms with van der Waals surface area (Å²) in [5.41, 5.74) is 0.618. The van der Waals surface area contributed by atoms with Crippen LogP contribution >= 0.6 is 0 Å². The second-order valence-electron chi connectivity index (χ2n) is 5.20. The van der Waals surface area contributed by atoms with Crippen LogP contribution in [0.25, 0.3) is 0 Å². The number of hydrogen-bond acceptors (Lipinski definition) is 4. The van der Waals surface area contributed by atoms with Gasteiger partial charge in [0.2, 0.25) is 0 Å². The van der Waals surface area contributed by atoms with Crippen molar-refractivity contribution in [1.29, 1.82) is 0 Å². The Bertz CT molecular complexity index is 422. The van der Waals surface area contributed by atoms with E-state index in [1.807, 2.05) is 6.92 Å². The lowest BCUT2D eigenvalue weighted by Crippen LogP contribution is -2.37. The van der Waals surface area contributed by atoms with Gasteiger partial charge in [0.05, 0.1) is 5.92 Å². The summed E-state index contributed by atoms with van der Waals surface area (Å²) < 4.78 is 0. The van der Waals surface area contributed by atoms with Crippen molar-refractivity contribution in [2.24, 2.45) is 11.8 Å². The third kappa shape index (κ3) is 5.48. The van der Waals surface area contributed by atoms with Gasteiger partial charge in [-0.25, -0.2) is 0 Å². The SMILES string of the molecule is CC(C(=O)O)C1CCCN(C)C1.O=Cc1cccnc1. The van der Waals surface area contributed by atoms with E-state index in [9.17, 15) is 9.59 Å². The maximum absolute atomic E-state index is 10.7. The number of carboxylic acids is 1. The highest BCUT2D eigenvalue weighted by atomic mass is 16.4. The summed E-state index contributed by atoms with van der Waals surface area (Å²) in [6, 6.07) is 3.43. The average molecular weight is 278 g/mol. The van der Waals surface area contributed by atoms with E-state index >= 15 is 0 Å². The molecule has 2 rings (SSSR count). The number of aldehydes is 1. The molecule has 0 aromatic carbocycles. The Kier molecular flexibility index (Phi) is 6.87. The first-order valence-electron chi connectivity index (χ1n) is 6.81.